The van der Waals surface area contributed by atoms with E-state index in [0.29, 0.717) is 0 Å². The van der Waals surface area contributed by atoms with Gasteiger partial charge in [-0.05, 0) is 143 Å². The molecule has 0 amide bonds. The third kappa shape index (κ3) is 6.24. The van der Waals surface area contributed by atoms with Crippen molar-refractivity contribution < 1.29 is 4.42 Å². The Morgan fingerprint density at radius 2 is 0.750 bits per heavy atom. The molecule has 0 unspecified atom stereocenters. The number of hydrogen-bond donors (Lipinski definition) is 0. The van der Waals surface area contributed by atoms with Crippen LogP contribution < -0.4 is 0 Å². The van der Waals surface area contributed by atoms with Crippen LogP contribution in [0.2, 0.25) is 0 Å². The topological polar surface area (TPSA) is 40.8 Å². The minimum Gasteiger partial charge on any atom is -0.456 e. The molecule has 0 atom stereocenters. The zero-order valence-corrected chi connectivity index (χ0v) is 38.9. The first-order valence-corrected chi connectivity index (χ1v) is 24.5. The summed E-state index contributed by atoms with van der Waals surface area (Å²) in [5, 5.41) is 7.09. The van der Waals surface area contributed by atoms with E-state index in [1.54, 1.807) is 0 Å². The molecule has 72 heavy (non-hydrogen) atoms. The highest BCUT2D eigenvalue weighted by atomic mass is 16.3. The predicted octanol–water partition coefficient (Wildman–Crippen LogP) is 17.8. The average Bonchev–Trinajstić information content (AvgIpc) is 4.21. The molecule has 0 bridgehead atoms. The van der Waals surface area contributed by atoms with Gasteiger partial charge in [-0.1, -0.05) is 146 Å². The van der Waals surface area contributed by atoms with Crippen molar-refractivity contribution >= 4 is 76.6 Å². The van der Waals surface area contributed by atoms with Gasteiger partial charge in [-0.2, -0.15) is 0 Å². The molecule has 5 nitrogen and oxygen atoms in total. The van der Waals surface area contributed by atoms with E-state index in [0.717, 1.165) is 83.7 Å². The van der Waals surface area contributed by atoms with Crippen LogP contribution in [0.15, 0.2) is 259 Å². The Morgan fingerprint density at radius 1 is 0.278 bits per heavy atom. The zero-order valence-electron chi connectivity index (χ0n) is 38.9. The molecule has 15 aromatic rings. The molecule has 0 saturated heterocycles. The molecular weight excluding hydrogens is 877 g/mol. The smallest absolute Gasteiger partial charge is 0.145 e. The molecule has 336 valence electrons. The van der Waals surface area contributed by atoms with Crippen LogP contribution >= 0.6 is 0 Å². The van der Waals surface area contributed by atoms with E-state index in [2.05, 4.69) is 256 Å². The largest absolute Gasteiger partial charge is 0.456 e. The van der Waals surface area contributed by atoms with Crippen molar-refractivity contribution in [2.45, 2.75) is 0 Å². The number of furan rings is 1. The van der Waals surface area contributed by atoms with E-state index < -0.39 is 0 Å². The Labute approximate surface area is 414 Å². The van der Waals surface area contributed by atoms with Crippen molar-refractivity contribution in [3.8, 4) is 61.8 Å². The van der Waals surface area contributed by atoms with Gasteiger partial charge in [-0.3, -0.25) is 4.57 Å². The molecule has 0 N–H and O–H groups in total. The van der Waals surface area contributed by atoms with Crippen molar-refractivity contribution in [3.05, 3.63) is 255 Å². The minimum atomic E-state index is 0.866. The first-order valence-electron chi connectivity index (χ1n) is 24.5. The summed E-state index contributed by atoms with van der Waals surface area (Å²) in [5.74, 6) is 0.921. The lowest BCUT2D eigenvalue weighted by Gasteiger charge is -2.11. The van der Waals surface area contributed by atoms with Gasteiger partial charge < -0.3 is 13.6 Å². The number of hydrogen-bond acceptors (Lipinski definition) is 2. The van der Waals surface area contributed by atoms with E-state index in [-0.39, 0.29) is 0 Å². The highest BCUT2D eigenvalue weighted by Gasteiger charge is 2.20. The maximum atomic E-state index is 6.59. The van der Waals surface area contributed by atoms with Gasteiger partial charge in [0.1, 0.15) is 17.0 Å². The van der Waals surface area contributed by atoms with Crippen molar-refractivity contribution in [1.29, 1.82) is 0 Å². The highest BCUT2D eigenvalue weighted by Crippen LogP contribution is 2.42. The SMILES string of the molecule is c1ccc(-c2nc3ccccc3n2-c2ccc(-c3cccc4oc5ccc(-c6ccc7c(c6)c6cc(-c8ccc9c(c8)c8ccccc8n9-c8ccccc8)ccc6n7-c6ccccc6)cc5c34)cc2)cc1. The molecule has 11 aromatic carbocycles. The molecule has 0 aliphatic heterocycles. The van der Waals surface area contributed by atoms with Crippen molar-refractivity contribution in [2.24, 2.45) is 0 Å². The van der Waals surface area contributed by atoms with Gasteiger partial charge in [0.2, 0.25) is 0 Å². The zero-order chi connectivity index (χ0) is 47.3. The molecule has 4 heterocycles. The number of rotatable bonds is 7. The molecule has 4 aromatic heterocycles. The molecule has 15 rings (SSSR count). The Kier molecular flexibility index (Phi) is 8.89. The van der Waals surface area contributed by atoms with Crippen LogP contribution in [0.5, 0.6) is 0 Å². The summed E-state index contributed by atoms with van der Waals surface area (Å²) in [6.45, 7) is 0. The lowest BCUT2D eigenvalue weighted by Crippen LogP contribution is -1.97. The Bertz CT molecular complexity index is 4600. The highest BCUT2D eigenvalue weighted by molar-refractivity contribution is 6.15. The average molecular weight is 919 g/mol. The molecule has 0 aliphatic rings. The molecule has 0 spiro atoms. The Balaban J connectivity index is 0.852. The van der Waals surface area contributed by atoms with Crippen molar-refractivity contribution in [1.82, 2.24) is 18.7 Å². The van der Waals surface area contributed by atoms with Gasteiger partial charge in [0.05, 0.1) is 33.1 Å². The fourth-order valence-corrected chi connectivity index (χ4v) is 11.4. The summed E-state index contributed by atoms with van der Waals surface area (Å²) < 4.78 is 13.6. The van der Waals surface area contributed by atoms with E-state index in [1.807, 2.05) is 12.1 Å². The standard InChI is InChI=1S/C67H42N4O/c1-4-15-44(16-5-1)67-68-58-23-11-13-25-63(58)71(67)51-33-27-43(28-34-51)52-22-14-26-65-66(52)57-42-48(32-38-64(57)72-65)47-31-37-62-56(41-47)55-40-46(30-36-61(55)70(62)50-19-8-3-9-20-50)45-29-35-60-54(39-45)53-21-10-12-24-59(53)69(60)49-17-6-2-7-18-49/h1-42H. The Morgan fingerprint density at radius 3 is 1.38 bits per heavy atom. The second kappa shape index (κ2) is 15.9. The summed E-state index contributed by atoms with van der Waals surface area (Å²) in [4.78, 5) is 5.08. The van der Waals surface area contributed by atoms with Gasteiger partial charge in [0.15, 0.2) is 0 Å². The van der Waals surface area contributed by atoms with Crippen LogP contribution in [0.1, 0.15) is 0 Å². The monoisotopic (exact) mass is 918 g/mol. The molecule has 0 fully saturated rings. The van der Waals surface area contributed by atoms with Gasteiger partial charge >= 0.3 is 0 Å². The Hall–Kier alpha value is -9.71. The summed E-state index contributed by atoms with van der Waals surface area (Å²) >= 11 is 0. The lowest BCUT2D eigenvalue weighted by atomic mass is 9.96. The van der Waals surface area contributed by atoms with Crippen LogP contribution in [0.3, 0.4) is 0 Å². The van der Waals surface area contributed by atoms with E-state index in [1.165, 1.54) is 54.7 Å². The predicted molar refractivity (Wildman–Crippen MR) is 299 cm³/mol. The molecule has 5 heteroatoms. The van der Waals surface area contributed by atoms with Crippen molar-refractivity contribution in [3.63, 3.8) is 0 Å². The fraction of sp³-hybridized carbons (Fsp3) is 0. The third-order valence-corrected chi connectivity index (χ3v) is 14.7. The molecule has 0 aliphatic carbocycles. The lowest BCUT2D eigenvalue weighted by molar-refractivity contribution is 0.669. The van der Waals surface area contributed by atoms with Crippen LogP contribution in [-0.2, 0) is 0 Å². The van der Waals surface area contributed by atoms with E-state index in [9.17, 15) is 0 Å². The van der Waals surface area contributed by atoms with Gasteiger partial charge in [-0.15, -0.1) is 0 Å². The quantitative estimate of drug-likeness (QED) is 0.160. The molecular formula is C67H42N4O. The first-order chi connectivity index (χ1) is 35.7. The number of fused-ring (bicyclic) bond motifs is 10. The fourth-order valence-electron chi connectivity index (χ4n) is 11.4. The summed E-state index contributed by atoms with van der Waals surface area (Å²) in [5.41, 5.74) is 19.8. The summed E-state index contributed by atoms with van der Waals surface area (Å²) in [6, 6.07) is 91.6. The number of aromatic nitrogens is 4. The maximum absolute atomic E-state index is 6.59. The van der Waals surface area contributed by atoms with Crippen LogP contribution in [0.25, 0.3) is 138 Å². The van der Waals surface area contributed by atoms with Crippen LogP contribution in [-0.4, -0.2) is 18.7 Å². The normalized spacial score (nSPS) is 11.9. The summed E-state index contributed by atoms with van der Waals surface area (Å²) in [7, 11) is 0. The van der Waals surface area contributed by atoms with E-state index in [4.69, 9.17) is 9.40 Å². The third-order valence-electron chi connectivity index (χ3n) is 14.7. The van der Waals surface area contributed by atoms with Crippen LogP contribution in [0, 0.1) is 0 Å². The van der Waals surface area contributed by atoms with Gasteiger partial charge in [0.25, 0.3) is 0 Å². The number of benzene rings is 11. The molecule has 0 radical (unpaired) electrons. The second-order valence-corrected chi connectivity index (χ2v) is 18.7. The van der Waals surface area contributed by atoms with Gasteiger partial charge in [0, 0.05) is 54.9 Å². The number of nitrogens with zero attached hydrogens (tertiary/aromatic N) is 4. The maximum Gasteiger partial charge on any atom is 0.145 e. The summed E-state index contributed by atoms with van der Waals surface area (Å²) in [6.07, 6.45) is 0. The van der Waals surface area contributed by atoms with E-state index >= 15 is 0 Å². The minimum absolute atomic E-state index is 0.866. The number of imidazole rings is 1. The van der Waals surface area contributed by atoms with Gasteiger partial charge in [-0.25, -0.2) is 4.98 Å². The molecule has 0 saturated carbocycles. The second-order valence-electron chi connectivity index (χ2n) is 18.7. The first kappa shape index (κ1) is 40.2. The van der Waals surface area contributed by atoms with Crippen LogP contribution in [0.4, 0.5) is 0 Å². The number of para-hydroxylation sites is 5. The van der Waals surface area contributed by atoms with Crippen molar-refractivity contribution in [2.75, 3.05) is 0 Å².